The Morgan fingerprint density at radius 2 is 1.50 bits per heavy atom. The molecule has 0 amide bonds. The maximum absolute atomic E-state index is 10.4. The van der Waals surface area contributed by atoms with Gasteiger partial charge in [-0.3, -0.25) is 0 Å². The Balaban J connectivity index is 1.64. The third kappa shape index (κ3) is 5.37. The first kappa shape index (κ1) is 19.0. The fourth-order valence-corrected chi connectivity index (χ4v) is 3.10. The van der Waals surface area contributed by atoms with Crippen LogP contribution in [0.2, 0.25) is 0 Å². The topological polar surface area (TPSA) is 57.2 Å². The van der Waals surface area contributed by atoms with Crippen molar-refractivity contribution >= 4 is 0 Å². The van der Waals surface area contributed by atoms with Crippen LogP contribution in [0.25, 0.3) is 0 Å². The van der Waals surface area contributed by atoms with Crippen LogP contribution in [0.4, 0.5) is 0 Å². The standard InChI is InChI=1S/C21H26O5/c1-23-15-18-12-19(24-13-16-8-4-2-5-9-16)20(21(22)26-18)25-14-17-10-6-3-7-11-17/h2-11,18-22H,12-15H2,1H3/t18?,19?,20?,21-/m0/s1. The summed E-state index contributed by atoms with van der Waals surface area (Å²) < 4.78 is 22.9. The summed E-state index contributed by atoms with van der Waals surface area (Å²) in [5.41, 5.74) is 2.12. The summed E-state index contributed by atoms with van der Waals surface area (Å²) >= 11 is 0. The summed E-state index contributed by atoms with van der Waals surface area (Å²) in [7, 11) is 1.62. The number of aliphatic hydroxyl groups is 1. The first-order valence-corrected chi connectivity index (χ1v) is 8.90. The molecule has 5 nitrogen and oxygen atoms in total. The Kier molecular flexibility index (Phi) is 7.17. The first-order chi connectivity index (χ1) is 12.8. The maximum Gasteiger partial charge on any atom is 0.184 e. The van der Waals surface area contributed by atoms with Crippen molar-refractivity contribution < 1.29 is 24.1 Å². The number of benzene rings is 2. The van der Waals surface area contributed by atoms with Gasteiger partial charge in [-0.1, -0.05) is 60.7 Å². The molecule has 0 saturated carbocycles. The van der Waals surface area contributed by atoms with Gasteiger partial charge in [-0.15, -0.1) is 0 Å². The average Bonchev–Trinajstić information content (AvgIpc) is 2.67. The molecule has 2 aromatic carbocycles. The number of hydrogen-bond donors (Lipinski definition) is 1. The lowest BCUT2D eigenvalue weighted by Gasteiger charge is -2.39. The van der Waals surface area contributed by atoms with E-state index in [2.05, 4.69) is 0 Å². The van der Waals surface area contributed by atoms with Crippen molar-refractivity contribution in [2.24, 2.45) is 0 Å². The second-order valence-electron chi connectivity index (χ2n) is 6.44. The number of rotatable bonds is 8. The molecule has 0 bridgehead atoms. The lowest BCUT2D eigenvalue weighted by Crippen LogP contribution is -2.51. The quantitative estimate of drug-likeness (QED) is 0.786. The maximum atomic E-state index is 10.4. The van der Waals surface area contributed by atoms with Gasteiger partial charge in [0.15, 0.2) is 6.29 Å². The summed E-state index contributed by atoms with van der Waals surface area (Å²) in [6.07, 6.45) is -1.48. The van der Waals surface area contributed by atoms with Gasteiger partial charge in [0.25, 0.3) is 0 Å². The molecule has 0 radical (unpaired) electrons. The van der Waals surface area contributed by atoms with Crippen LogP contribution in [0.1, 0.15) is 17.5 Å². The Labute approximate surface area is 154 Å². The Hall–Kier alpha value is -1.76. The van der Waals surface area contributed by atoms with Gasteiger partial charge in [0.2, 0.25) is 0 Å². The van der Waals surface area contributed by atoms with E-state index in [1.807, 2.05) is 60.7 Å². The van der Waals surface area contributed by atoms with E-state index in [0.29, 0.717) is 26.2 Å². The van der Waals surface area contributed by atoms with E-state index in [4.69, 9.17) is 18.9 Å². The zero-order valence-electron chi connectivity index (χ0n) is 15.0. The summed E-state index contributed by atoms with van der Waals surface area (Å²) in [5.74, 6) is 0. The highest BCUT2D eigenvalue weighted by Crippen LogP contribution is 2.26. The second-order valence-corrected chi connectivity index (χ2v) is 6.44. The normalized spacial score (nSPS) is 25.9. The summed E-state index contributed by atoms with van der Waals surface area (Å²) in [6, 6.07) is 19.8. The van der Waals surface area contributed by atoms with E-state index < -0.39 is 12.4 Å². The zero-order chi connectivity index (χ0) is 18.2. The average molecular weight is 358 g/mol. The molecule has 2 aromatic rings. The van der Waals surface area contributed by atoms with Crippen LogP contribution in [0.15, 0.2) is 60.7 Å². The highest BCUT2D eigenvalue weighted by Gasteiger charge is 2.39. The monoisotopic (exact) mass is 358 g/mol. The largest absolute Gasteiger partial charge is 0.382 e. The molecule has 1 aliphatic heterocycles. The van der Waals surface area contributed by atoms with Crippen molar-refractivity contribution in [2.75, 3.05) is 13.7 Å². The van der Waals surface area contributed by atoms with Gasteiger partial charge in [-0.05, 0) is 11.1 Å². The SMILES string of the molecule is COCC1CC(OCc2ccccc2)C(OCc2ccccc2)[C@@H](O)O1. The number of methoxy groups -OCH3 is 1. The van der Waals surface area contributed by atoms with Gasteiger partial charge in [0.05, 0.1) is 32.0 Å². The molecule has 1 fully saturated rings. The summed E-state index contributed by atoms with van der Waals surface area (Å²) in [6.45, 7) is 1.27. The molecule has 5 heteroatoms. The number of aliphatic hydroxyl groups excluding tert-OH is 1. The van der Waals surface area contributed by atoms with E-state index in [1.54, 1.807) is 7.11 Å². The fourth-order valence-electron chi connectivity index (χ4n) is 3.10. The van der Waals surface area contributed by atoms with Crippen LogP contribution in [-0.4, -0.2) is 43.4 Å². The predicted molar refractivity (Wildman–Crippen MR) is 97.4 cm³/mol. The molecule has 0 aliphatic carbocycles. The van der Waals surface area contributed by atoms with Gasteiger partial charge < -0.3 is 24.1 Å². The van der Waals surface area contributed by atoms with Crippen molar-refractivity contribution in [3.05, 3.63) is 71.8 Å². The summed E-state index contributed by atoms with van der Waals surface area (Å²) in [5, 5.41) is 10.4. The molecule has 3 unspecified atom stereocenters. The Morgan fingerprint density at radius 1 is 0.923 bits per heavy atom. The molecule has 1 aliphatic rings. The molecular weight excluding hydrogens is 332 g/mol. The number of ether oxygens (including phenoxy) is 4. The molecule has 1 saturated heterocycles. The minimum absolute atomic E-state index is 0.215. The third-order valence-corrected chi connectivity index (χ3v) is 4.42. The molecule has 0 aromatic heterocycles. The lowest BCUT2D eigenvalue weighted by atomic mass is 10.0. The van der Waals surface area contributed by atoms with Crippen LogP contribution in [-0.2, 0) is 32.2 Å². The van der Waals surface area contributed by atoms with Crippen LogP contribution in [0.3, 0.4) is 0 Å². The third-order valence-electron chi connectivity index (χ3n) is 4.42. The lowest BCUT2D eigenvalue weighted by molar-refractivity contribution is -0.276. The van der Waals surface area contributed by atoms with Crippen LogP contribution in [0.5, 0.6) is 0 Å². The minimum Gasteiger partial charge on any atom is -0.382 e. The highest BCUT2D eigenvalue weighted by atomic mass is 16.7. The van der Waals surface area contributed by atoms with Gasteiger partial charge in [-0.25, -0.2) is 0 Å². The minimum atomic E-state index is -1.05. The molecule has 26 heavy (non-hydrogen) atoms. The van der Waals surface area contributed by atoms with Crippen molar-refractivity contribution in [3.8, 4) is 0 Å². The van der Waals surface area contributed by atoms with E-state index >= 15 is 0 Å². The van der Waals surface area contributed by atoms with Crippen molar-refractivity contribution in [1.29, 1.82) is 0 Å². The zero-order valence-corrected chi connectivity index (χ0v) is 15.0. The number of hydrogen-bond acceptors (Lipinski definition) is 5. The highest BCUT2D eigenvalue weighted by molar-refractivity contribution is 5.14. The predicted octanol–water partition coefficient (Wildman–Crippen LogP) is 2.91. The van der Waals surface area contributed by atoms with Crippen LogP contribution in [0, 0.1) is 0 Å². The Bertz CT molecular complexity index is 633. The van der Waals surface area contributed by atoms with Crippen molar-refractivity contribution in [3.63, 3.8) is 0 Å². The molecule has 1 N–H and O–H groups in total. The molecule has 0 spiro atoms. The van der Waals surface area contributed by atoms with Crippen LogP contribution < -0.4 is 0 Å². The molecule has 3 rings (SSSR count). The van der Waals surface area contributed by atoms with Gasteiger partial charge in [0, 0.05) is 13.5 Å². The Morgan fingerprint density at radius 3 is 2.08 bits per heavy atom. The fraction of sp³-hybridized carbons (Fsp3) is 0.429. The van der Waals surface area contributed by atoms with Crippen molar-refractivity contribution in [2.45, 2.75) is 44.2 Å². The second kappa shape index (κ2) is 9.80. The van der Waals surface area contributed by atoms with Gasteiger partial charge >= 0.3 is 0 Å². The van der Waals surface area contributed by atoms with E-state index in [1.165, 1.54) is 0 Å². The van der Waals surface area contributed by atoms with Crippen LogP contribution >= 0.6 is 0 Å². The molecule has 140 valence electrons. The summed E-state index contributed by atoms with van der Waals surface area (Å²) in [4.78, 5) is 0. The van der Waals surface area contributed by atoms with Gasteiger partial charge in [0.1, 0.15) is 6.10 Å². The van der Waals surface area contributed by atoms with E-state index in [-0.39, 0.29) is 12.2 Å². The molecular formula is C21H26O5. The van der Waals surface area contributed by atoms with E-state index in [0.717, 1.165) is 11.1 Å². The van der Waals surface area contributed by atoms with E-state index in [9.17, 15) is 5.11 Å². The van der Waals surface area contributed by atoms with Crippen molar-refractivity contribution in [1.82, 2.24) is 0 Å². The molecule has 4 atom stereocenters. The van der Waals surface area contributed by atoms with Gasteiger partial charge in [-0.2, -0.15) is 0 Å². The first-order valence-electron chi connectivity index (χ1n) is 8.90. The smallest absolute Gasteiger partial charge is 0.184 e. The molecule has 1 heterocycles.